The van der Waals surface area contributed by atoms with E-state index >= 15 is 0 Å². The molecule has 2 unspecified atom stereocenters. The van der Waals surface area contributed by atoms with Gasteiger partial charge in [-0.15, -0.1) is 0 Å². The average Bonchev–Trinajstić information content (AvgIpc) is 3.40. The lowest BCUT2D eigenvalue weighted by molar-refractivity contribution is -0.140. The van der Waals surface area contributed by atoms with Gasteiger partial charge < -0.3 is 19.5 Å². The molecule has 7 nitrogen and oxygen atoms in total. The topological polar surface area (TPSA) is 89.0 Å². The van der Waals surface area contributed by atoms with Crippen molar-refractivity contribution in [3.63, 3.8) is 0 Å². The molecule has 4 rings (SSSR count). The van der Waals surface area contributed by atoms with Crippen LogP contribution in [0.3, 0.4) is 0 Å². The van der Waals surface area contributed by atoms with Crippen molar-refractivity contribution < 1.29 is 24.2 Å². The van der Waals surface area contributed by atoms with Crippen molar-refractivity contribution in [3.05, 3.63) is 65.5 Å². The van der Waals surface area contributed by atoms with Crippen LogP contribution in [0.4, 0.5) is 0 Å². The molecule has 1 aromatic heterocycles. The number of benzene rings is 1. The minimum absolute atomic E-state index is 0.0696. The number of aliphatic hydroxyl groups excluding tert-OH is 1. The standard InChI is InChI=1S/C25H28N2O5/c1-16(2)15-32-19-6-3-5-18(13-19)23(28)21-22(17-8-10-26-11-9-17)27(25(30)24(21)29)14-20-7-4-12-31-20/h3,5-6,8-11,13,16,20,22,28H,4,7,12,14-15H2,1-2H3/b23-21-. The van der Waals surface area contributed by atoms with Crippen LogP contribution in [-0.2, 0) is 14.3 Å². The number of rotatable bonds is 7. The van der Waals surface area contributed by atoms with Gasteiger partial charge in [-0.25, -0.2) is 0 Å². The molecule has 2 aliphatic heterocycles. The zero-order chi connectivity index (χ0) is 22.7. The van der Waals surface area contributed by atoms with Crippen LogP contribution in [-0.4, -0.2) is 52.5 Å². The third-order valence-electron chi connectivity index (χ3n) is 5.68. The van der Waals surface area contributed by atoms with E-state index in [0.29, 0.717) is 42.6 Å². The van der Waals surface area contributed by atoms with Crippen LogP contribution >= 0.6 is 0 Å². The Bertz CT molecular complexity index is 1010. The predicted molar refractivity (Wildman–Crippen MR) is 119 cm³/mol. The highest BCUT2D eigenvalue weighted by atomic mass is 16.5. The Labute approximate surface area is 187 Å². The number of amides is 1. The van der Waals surface area contributed by atoms with Crippen molar-refractivity contribution in [1.82, 2.24) is 9.88 Å². The van der Waals surface area contributed by atoms with E-state index in [1.165, 1.54) is 4.90 Å². The molecule has 7 heteroatoms. The van der Waals surface area contributed by atoms with Crippen molar-refractivity contribution >= 4 is 17.4 Å². The number of carbonyl (C=O) groups is 2. The lowest BCUT2D eigenvalue weighted by Gasteiger charge is -2.27. The summed E-state index contributed by atoms with van der Waals surface area (Å²) in [5.74, 6) is -0.597. The van der Waals surface area contributed by atoms with Gasteiger partial charge in [-0.2, -0.15) is 0 Å². The molecule has 168 valence electrons. The normalized spacial score (nSPS) is 22.7. The number of aromatic nitrogens is 1. The van der Waals surface area contributed by atoms with Crippen LogP contribution < -0.4 is 4.74 Å². The molecule has 2 aliphatic rings. The summed E-state index contributed by atoms with van der Waals surface area (Å²) in [6.45, 7) is 5.58. The van der Waals surface area contributed by atoms with Crippen LogP contribution in [0.1, 0.15) is 43.9 Å². The first-order valence-electron chi connectivity index (χ1n) is 11.0. The van der Waals surface area contributed by atoms with Crippen molar-refractivity contribution in [2.24, 2.45) is 5.92 Å². The summed E-state index contributed by atoms with van der Waals surface area (Å²) in [7, 11) is 0. The van der Waals surface area contributed by atoms with Crippen molar-refractivity contribution in [3.8, 4) is 5.75 Å². The van der Waals surface area contributed by atoms with Gasteiger partial charge in [0.2, 0.25) is 0 Å². The van der Waals surface area contributed by atoms with Gasteiger partial charge >= 0.3 is 0 Å². The molecule has 2 fully saturated rings. The Balaban J connectivity index is 1.74. The van der Waals surface area contributed by atoms with Crippen LogP contribution in [0.2, 0.25) is 0 Å². The Morgan fingerprint density at radius 2 is 2.03 bits per heavy atom. The number of aliphatic hydroxyl groups is 1. The summed E-state index contributed by atoms with van der Waals surface area (Å²) in [6.07, 6.45) is 4.87. The fourth-order valence-corrected chi connectivity index (χ4v) is 4.12. The smallest absolute Gasteiger partial charge is 0.295 e. The van der Waals surface area contributed by atoms with Gasteiger partial charge in [-0.1, -0.05) is 26.0 Å². The Morgan fingerprint density at radius 1 is 1.25 bits per heavy atom. The third kappa shape index (κ3) is 4.53. The summed E-state index contributed by atoms with van der Waals surface area (Å²) in [5.41, 5.74) is 1.21. The maximum absolute atomic E-state index is 13.1. The molecule has 2 saturated heterocycles. The molecule has 0 radical (unpaired) electrons. The van der Waals surface area contributed by atoms with Crippen molar-refractivity contribution in [2.75, 3.05) is 19.8 Å². The predicted octanol–water partition coefficient (Wildman–Crippen LogP) is 3.72. The van der Waals surface area contributed by atoms with Crippen molar-refractivity contribution in [1.29, 1.82) is 0 Å². The fourth-order valence-electron chi connectivity index (χ4n) is 4.12. The molecule has 3 heterocycles. The minimum atomic E-state index is -0.706. The largest absolute Gasteiger partial charge is 0.507 e. The number of ketones is 1. The Hall–Kier alpha value is -3.19. The molecule has 2 aromatic rings. The second-order valence-electron chi connectivity index (χ2n) is 8.60. The van der Waals surface area contributed by atoms with Gasteiger partial charge in [-0.3, -0.25) is 14.6 Å². The Kier molecular flexibility index (Phi) is 6.55. The molecule has 2 atom stereocenters. The number of hydrogen-bond acceptors (Lipinski definition) is 6. The maximum Gasteiger partial charge on any atom is 0.295 e. The molecular weight excluding hydrogens is 408 g/mol. The van der Waals surface area contributed by atoms with Gasteiger partial charge in [0.25, 0.3) is 11.7 Å². The van der Waals surface area contributed by atoms with Crippen LogP contribution in [0, 0.1) is 5.92 Å². The zero-order valence-electron chi connectivity index (χ0n) is 18.4. The average molecular weight is 437 g/mol. The molecule has 32 heavy (non-hydrogen) atoms. The number of hydrogen-bond donors (Lipinski definition) is 1. The van der Waals surface area contributed by atoms with Gasteiger partial charge in [-0.05, 0) is 48.6 Å². The third-order valence-corrected chi connectivity index (χ3v) is 5.68. The van der Waals surface area contributed by atoms with E-state index < -0.39 is 17.7 Å². The SMILES string of the molecule is CC(C)COc1cccc(/C(O)=C2/C(=O)C(=O)N(CC3CCCO3)C2c2ccncc2)c1. The number of Topliss-reactive ketones (excluding diaryl/α,β-unsaturated/α-hetero) is 1. The molecule has 0 bridgehead atoms. The number of nitrogens with zero attached hydrogens (tertiary/aromatic N) is 2. The second kappa shape index (κ2) is 9.53. The number of likely N-dealkylation sites (tertiary alicyclic amines) is 1. The molecule has 0 aliphatic carbocycles. The van der Waals surface area contributed by atoms with Gasteiger partial charge in [0.15, 0.2) is 0 Å². The highest BCUT2D eigenvalue weighted by molar-refractivity contribution is 6.46. The monoisotopic (exact) mass is 436 g/mol. The highest BCUT2D eigenvalue weighted by Gasteiger charge is 2.47. The van der Waals surface area contributed by atoms with E-state index in [1.54, 1.807) is 48.8 Å². The first kappa shape index (κ1) is 22.0. The molecular formula is C25H28N2O5. The summed E-state index contributed by atoms with van der Waals surface area (Å²) >= 11 is 0. The van der Waals surface area contributed by atoms with E-state index in [-0.39, 0.29) is 17.4 Å². The van der Waals surface area contributed by atoms with Gasteiger partial charge in [0.05, 0.1) is 24.3 Å². The Morgan fingerprint density at radius 3 is 2.72 bits per heavy atom. The first-order chi connectivity index (χ1) is 15.5. The molecule has 0 saturated carbocycles. The van der Waals surface area contributed by atoms with Crippen molar-refractivity contribution in [2.45, 2.75) is 38.8 Å². The maximum atomic E-state index is 13.1. The van der Waals surface area contributed by atoms with E-state index in [0.717, 1.165) is 12.8 Å². The van der Waals surface area contributed by atoms with E-state index in [1.807, 2.05) is 13.8 Å². The van der Waals surface area contributed by atoms with Crippen LogP contribution in [0.15, 0.2) is 54.4 Å². The highest BCUT2D eigenvalue weighted by Crippen LogP contribution is 2.40. The number of pyridine rings is 1. The molecule has 0 spiro atoms. The first-order valence-corrected chi connectivity index (χ1v) is 11.0. The fraction of sp³-hybridized carbons (Fsp3) is 0.400. The van der Waals surface area contributed by atoms with E-state index in [4.69, 9.17) is 9.47 Å². The number of ether oxygens (including phenoxy) is 2. The van der Waals surface area contributed by atoms with Crippen LogP contribution in [0.5, 0.6) is 5.75 Å². The summed E-state index contributed by atoms with van der Waals surface area (Å²) < 4.78 is 11.5. The number of carbonyl (C=O) groups excluding carboxylic acids is 2. The molecule has 1 aromatic carbocycles. The second-order valence-corrected chi connectivity index (χ2v) is 8.60. The zero-order valence-corrected chi connectivity index (χ0v) is 18.4. The van der Waals surface area contributed by atoms with Crippen LogP contribution in [0.25, 0.3) is 5.76 Å². The quantitative estimate of drug-likeness (QED) is 0.404. The van der Waals surface area contributed by atoms with Gasteiger partial charge in [0.1, 0.15) is 11.5 Å². The summed E-state index contributed by atoms with van der Waals surface area (Å²) in [5, 5.41) is 11.2. The minimum Gasteiger partial charge on any atom is -0.507 e. The van der Waals surface area contributed by atoms with Gasteiger partial charge in [0, 0.05) is 31.1 Å². The lowest BCUT2D eigenvalue weighted by Crippen LogP contribution is -2.36. The molecule has 1 N–H and O–H groups in total. The van der Waals surface area contributed by atoms with E-state index in [2.05, 4.69) is 4.98 Å². The lowest BCUT2D eigenvalue weighted by atomic mass is 9.95. The summed E-state index contributed by atoms with van der Waals surface area (Å²) in [4.78, 5) is 31.7. The summed E-state index contributed by atoms with van der Waals surface area (Å²) in [6, 6.07) is 9.76. The van der Waals surface area contributed by atoms with E-state index in [9.17, 15) is 14.7 Å². The molecule has 1 amide bonds.